The van der Waals surface area contributed by atoms with Crippen molar-refractivity contribution >= 4 is 0 Å². The summed E-state index contributed by atoms with van der Waals surface area (Å²) in [6, 6.07) is 5.55. The number of aromatic hydroxyl groups is 1. The lowest BCUT2D eigenvalue weighted by molar-refractivity contribution is 0.474. The van der Waals surface area contributed by atoms with Crippen LogP contribution >= 0.6 is 0 Å². The number of pyridine rings is 1. The average molecular weight is 160 g/mol. The van der Waals surface area contributed by atoms with Gasteiger partial charge < -0.3 is 10.1 Å². The molecule has 0 saturated carbocycles. The summed E-state index contributed by atoms with van der Waals surface area (Å²) in [6.07, 6.45) is 4.89. The molecule has 0 aliphatic heterocycles. The van der Waals surface area contributed by atoms with Gasteiger partial charge in [0.2, 0.25) is 0 Å². The van der Waals surface area contributed by atoms with Crippen LogP contribution in [0.2, 0.25) is 0 Å². The van der Waals surface area contributed by atoms with E-state index in [1.165, 1.54) is 6.20 Å². The van der Waals surface area contributed by atoms with Crippen LogP contribution in [0.1, 0.15) is 0 Å². The number of hydrogen-bond acceptors (Lipinski definition) is 2. The predicted molar refractivity (Wildman–Crippen MR) is 45.7 cm³/mol. The van der Waals surface area contributed by atoms with Crippen LogP contribution in [0.25, 0.3) is 11.3 Å². The molecule has 2 aromatic rings. The molecule has 3 heteroatoms. The molecule has 0 aromatic carbocycles. The highest BCUT2D eigenvalue weighted by atomic mass is 16.3. The second-order valence-electron chi connectivity index (χ2n) is 2.48. The van der Waals surface area contributed by atoms with Gasteiger partial charge in [0.05, 0.1) is 6.20 Å². The van der Waals surface area contributed by atoms with Gasteiger partial charge in [-0.05, 0) is 18.2 Å². The Balaban J connectivity index is 2.55. The topological polar surface area (TPSA) is 48.9 Å². The van der Waals surface area contributed by atoms with Crippen LogP contribution in [-0.2, 0) is 0 Å². The van der Waals surface area contributed by atoms with Crippen molar-refractivity contribution in [3.8, 4) is 17.0 Å². The molecule has 0 fully saturated rings. The molecule has 3 nitrogen and oxygen atoms in total. The van der Waals surface area contributed by atoms with Crippen molar-refractivity contribution in [1.29, 1.82) is 0 Å². The van der Waals surface area contributed by atoms with Gasteiger partial charge in [0, 0.05) is 23.7 Å². The largest absolute Gasteiger partial charge is 0.506 e. The normalized spacial score (nSPS) is 10.0. The molecule has 0 aliphatic carbocycles. The summed E-state index contributed by atoms with van der Waals surface area (Å²) in [5.41, 5.74) is 1.67. The fourth-order valence-corrected chi connectivity index (χ4v) is 1.11. The summed E-state index contributed by atoms with van der Waals surface area (Å²) in [5, 5.41) is 9.40. The van der Waals surface area contributed by atoms with Crippen LogP contribution in [0.15, 0.2) is 36.8 Å². The summed E-state index contributed by atoms with van der Waals surface area (Å²) in [7, 11) is 0. The Kier molecular flexibility index (Phi) is 1.55. The maximum Gasteiger partial charge on any atom is 0.143 e. The van der Waals surface area contributed by atoms with E-state index in [4.69, 9.17) is 0 Å². The first-order valence-electron chi connectivity index (χ1n) is 3.64. The van der Waals surface area contributed by atoms with Gasteiger partial charge in [-0.15, -0.1) is 0 Å². The molecule has 0 amide bonds. The molecule has 0 saturated heterocycles. The zero-order chi connectivity index (χ0) is 8.39. The van der Waals surface area contributed by atoms with E-state index in [0.29, 0.717) is 0 Å². The van der Waals surface area contributed by atoms with Crippen LogP contribution < -0.4 is 0 Å². The predicted octanol–water partition coefficient (Wildman–Crippen LogP) is 1.78. The fraction of sp³-hybridized carbons (Fsp3) is 0. The van der Waals surface area contributed by atoms with E-state index < -0.39 is 0 Å². The molecule has 0 aliphatic rings. The van der Waals surface area contributed by atoms with Crippen molar-refractivity contribution in [2.24, 2.45) is 0 Å². The van der Waals surface area contributed by atoms with Gasteiger partial charge in [0.25, 0.3) is 0 Å². The highest BCUT2D eigenvalue weighted by Gasteiger charge is 2.02. The van der Waals surface area contributed by atoms with Crippen molar-refractivity contribution in [2.45, 2.75) is 0 Å². The smallest absolute Gasteiger partial charge is 0.143 e. The lowest BCUT2D eigenvalue weighted by Gasteiger charge is -1.99. The quantitative estimate of drug-likeness (QED) is 0.668. The van der Waals surface area contributed by atoms with Gasteiger partial charge in [-0.25, -0.2) is 0 Å². The molecule has 0 radical (unpaired) electrons. The van der Waals surface area contributed by atoms with Gasteiger partial charge in [-0.2, -0.15) is 0 Å². The molecule has 2 N–H and O–H groups in total. The van der Waals surface area contributed by atoms with E-state index in [2.05, 4.69) is 9.97 Å². The number of H-pyrrole nitrogens is 1. The molecule has 0 atom stereocenters. The van der Waals surface area contributed by atoms with Gasteiger partial charge in [-0.3, -0.25) is 4.98 Å². The third-order valence-electron chi connectivity index (χ3n) is 1.69. The number of rotatable bonds is 1. The molecule has 60 valence electrons. The molecule has 2 heterocycles. The fourth-order valence-electron chi connectivity index (χ4n) is 1.11. The van der Waals surface area contributed by atoms with Gasteiger partial charge in [-0.1, -0.05) is 0 Å². The molecular formula is C9H8N2O. The molecule has 0 spiro atoms. The molecular weight excluding hydrogens is 152 g/mol. The Labute approximate surface area is 69.7 Å². The number of aromatic nitrogens is 2. The lowest BCUT2D eigenvalue weighted by Crippen LogP contribution is -1.79. The zero-order valence-corrected chi connectivity index (χ0v) is 6.36. The molecule has 12 heavy (non-hydrogen) atoms. The highest BCUT2D eigenvalue weighted by molar-refractivity contribution is 5.65. The summed E-state index contributed by atoms with van der Waals surface area (Å²) in [4.78, 5) is 6.80. The second-order valence-corrected chi connectivity index (χ2v) is 2.48. The van der Waals surface area contributed by atoms with Crippen molar-refractivity contribution in [2.75, 3.05) is 0 Å². The minimum absolute atomic E-state index is 0.194. The molecule has 0 bridgehead atoms. The van der Waals surface area contributed by atoms with Crippen LogP contribution in [0.4, 0.5) is 0 Å². The highest BCUT2D eigenvalue weighted by Crippen LogP contribution is 2.25. The standard InChI is InChI=1S/C9H8N2O/c12-9-6-10-5-3-7(9)8-2-1-4-11-8/h1-6,11-12H. The molecule has 0 unspecified atom stereocenters. The van der Waals surface area contributed by atoms with Crippen molar-refractivity contribution in [3.05, 3.63) is 36.8 Å². The Bertz CT molecular complexity index is 368. The summed E-state index contributed by atoms with van der Waals surface area (Å²) in [6.45, 7) is 0. The Morgan fingerprint density at radius 3 is 2.92 bits per heavy atom. The SMILES string of the molecule is Oc1cnccc1-c1ccc[nH]1. The first-order chi connectivity index (χ1) is 5.88. The summed E-state index contributed by atoms with van der Waals surface area (Å²) >= 11 is 0. The number of hydrogen-bond donors (Lipinski definition) is 2. The maximum absolute atomic E-state index is 9.40. The van der Waals surface area contributed by atoms with Gasteiger partial charge >= 0.3 is 0 Å². The first-order valence-corrected chi connectivity index (χ1v) is 3.64. The van der Waals surface area contributed by atoms with Crippen LogP contribution in [-0.4, -0.2) is 15.1 Å². The summed E-state index contributed by atoms with van der Waals surface area (Å²) in [5.74, 6) is 0.194. The van der Waals surface area contributed by atoms with Crippen molar-refractivity contribution in [3.63, 3.8) is 0 Å². The second kappa shape index (κ2) is 2.70. The van der Waals surface area contributed by atoms with Crippen molar-refractivity contribution in [1.82, 2.24) is 9.97 Å². The van der Waals surface area contributed by atoms with Gasteiger partial charge in [0.15, 0.2) is 0 Å². The zero-order valence-electron chi connectivity index (χ0n) is 6.36. The number of nitrogens with zero attached hydrogens (tertiary/aromatic N) is 1. The van der Waals surface area contributed by atoms with Gasteiger partial charge in [0.1, 0.15) is 5.75 Å². The van der Waals surface area contributed by atoms with E-state index in [9.17, 15) is 5.11 Å². The third-order valence-corrected chi connectivity index (χ3v) is 1.69. The third kappa shape index (κ3) is 1.05. The van der Waals surface area contributed by atoms with Crippen LogP contribution in [0.5, 0.6) is 5.75 Å². The van der Waals surface area contributed by atoms with Crippen LogP contribution in [0, 0.1) is 0 Å². The average Bonchev–Trinajstić information content (AvgIpc) is 2.57. The van der Waals surface area contributed by atoms with Crippen LogP contribution in [0.3, 0.4) is 0 Å². The lowest BCUT2D eigenvalue weighted by atomic mass is 10.2. The maximum atomic E-state index is 9.40. The number of aromatic amines is 1. The van der Waals surface area contributed by atoms with E-state index in [1.807, 2.05) is 18.3 Å². The Morgan fingerprint density at radius 2 is 2.25 bits per heavy atom. The first kappa shape index (κ1) is 6.91. The Hall–Kier alpha value is -1.77. The number of nitrogens with one attached hydrogen (secondary N) is 1. The van der Waals surface area contributed by atoms with E-state index >= 15 is 0 Å². The monoisotopic (exact) mass is 160 g/mol. The Morgan fingerprint density at radius 1 is 1.33 bits per heavy atom. The van der Waals surface area contributed by atoms with Crippen molar-refractivity contribution < 1.29 is 5.11 Å². The molecule has 2 aromatic heterocycles. The molecule has 2 rings (SSSR count). The van der Waals surface area contributed by atoms with E-state index in [0.717, 1.165) is 11.3 Å². The minimum atomic E-state index is 0.194. The summed E-state index contributed by atoms with van der Waals surface area (Å²) < 4.78 is 0. The van der Waals surface area contributed by atoms with E-state index in [1.54, 1.807) is 12.3 Å². The minimum Gasteiger partial charge on any atom is -0.506 e. The van der Waals surface area contributed by atoms with E-state index in [-0.39, 0.29) is 5.75 Å².